The summed E-state index contributed by atoms with van der Waals surface area (Å²) < 4.78 is 0.947. The molecule has 1 rings (SSSR count). The van der Waals surface area contributed by atoms with Gasteiger partial charge < -0.3 is 11.5 Å². The number of hydrogen-bond donors (Lipinski definition) is 2. The Morgan fingerprint density at radius 2 is 2.08 bits per heavy atom. The zero-order valence-electron chi connectivity index (χ0n) is 6.87. The lowest BCUT2D eigenvalue weighted by Gasteiger charge is -2.14. The second-order valence-electron chi connectivity index (χ2n) is 2.79. The number of nitrogens with two attached hydrogens (primary N) is 2. The van der Waals surface area contributed by atoms with Crippen LogP contribution in [0.5, 0.6) is 0 Å². The van der Waals surface area contributed by atoms with Crippen LogP contribution in [-0.4, -0.2) is 11.0 Å². The van der Waals surface area contributed by atoms with Crippen molar-refractivity contribution < 1.29 is 0 Å². The van der Waals surface area contributed by atoms with E-state index in [2.05, 4.69) is 20.9 Å². The first-order chi connectivity index (χ1) is 5.61. The fourth-order valence-electron chi connectivity index (χ4n) is 0.854. The quantitative estimate of drug-likeness (QED) is 0.802. The predicted octanol–water partition coefficient (Wildman–Crippen LogP) is 1.19. The monoisotopic (exact) mass is 229 g/mol. The maximum Gasteiger partial charge on any atom is 0.0621 e. The van der Waals surface area contributed by atoms with Crippen LogP contribution in [0.3, 0.4) is 0 Å². The smallest absolute Gasteiger partial charge is 0.0621 e. The molecule has 0 saturated carbocycles. The molecule has 4 heteroatoms. The molecule has 0 aliphatic heterocycles. The molecule has 2 atom stereocenters. The van der Waals surface area contributed by atoms with Crippen LogP contribution in [0.2, 0.25) is 0 Å². The van der Waals surface area contributed by atoms with Gasteiger partial charge in [0.25, 0.3) is 0 Å². The number of aromatic nitrogens is 1. The zero-order chi connectivity index (χ0) is 9.14. The largest absolute Gasteiger partial charge is 0.326 e. The molecule has 0 saturated heterocycles. The molecule has 0 aromatic carbocycles. The van der Waals surface area contributed by atoms with Gasteiger partial charge in [-0.2, -0.15) is 0 Å². The fraction of sp³-hybridized carbons (Fsp3) is 0.375. The van der Waals surface area contributed by atoms with Crippen LogP contribution in [0.4, 0.5) is 0 Å². The molecule has 0 radical (unpaired) electrons. The van der Waals surface area contributed by atoms with Crippen molar-refractivity contribution in [1.82, 2.24) is 4.98 Å². The summed E-state index contributed by atoms with van der Waals surface area (Å²) >= 11 is 3.30. The number of nitrogens with zero attached hydrogens (tertiary/aromatic N) is 1. The van der Waals surface area contributed by atoms with Gasteiger partial charge in [-0.1, -0.05) is 0 Å². The van der Waals surface area contributed by atoms with E-state index in [1.165, 1.54) is 0 Å². The normalized spacial score (nSPS) is 15.7. The summed E-state index contributed by atoms with van der Waals surface area (Å²) in [6.07, 6.45) is 1.72. The standard InChI is InChI=1S/C8H12BrN3/c1-5(10)8(11)7-3-2-6(9)4-12-7/h2-5,8H,10-11H2,1H3/t5-,8+/m0/s1. The van der Waals surface area contributed by atoms with Crippen molar-refractivity contribution in [3.05, 3.63) is 28.5 Å². The minimum absolute atomic E-state index is 0.0707. The molecule has 4 N–H and O–H groups in total. The second kappa shape index (κ2) is 3.98. The fourth-order valence-corrected chi connectivity index (χ4v) is 1.09. The van der Waals surface area contributed by atoms with E-state index >= 15 is 0 Å². The minimum Gasteiger partial charge on any atom is -0.326 e. The first-order valence-electron chi connectivity index (χ1n) is 3.74. The highest BCUT2D eigenvalue weighted by atomic mass is 79.9. The van der Waals surface area contributed by atoms with Crippen LogP contribution < -0.4 is 11.5 Å². The number of halogens is 1. The van der Waals surface area contributed by atoms with Gasteiger partial charge >= 0.3 is 0 Å². The lowest BCUT2D eigenvalue weighted by atomic mass is 10.1. The van der Waals surface area contributed by atoms with Crippen molar-refractivity contribution in [2.24, 2.45) is 11.5 Å². The summed E-state index contributed by atoms with van der Waals surface area (Å²) in [5, 5.41) is 0. The summed E-state index contributed by atoms with van der Waals surface area (Å²) in [4.78, 5) is 4.15. The van der Waals surface area contributed by atoms with Crippen molar-refractivity contribution in [1.29, 1.82) is 0 Å². The Hall–Kier alpha value is -0.450. The SMILES string of the molecule is C[C@H](N)[C@@H](N)c1ccc(Br)cn1. The van der Waals surface area contributed by atoms with Crippen molar-refractivity contribution in [2.75, 3.05) is 0 Å². The van der Waals surface area contributed by atoms with Gasteiger partial charge in [0.1, 0.15) is 0 Å². The molecule has 0 aliphatic rings. The molecule has 0 spiro atoms. The summed E-state index contributed by atoms with van der Waals surface area (Å²) in [7, 11) is 0. The van der Waals surface area contributed by atoms with E-state index in [1.54, 1.807) is 6.20 Å². The third-order valence-electron chi connectivity index (χ3n) is 1.66. The number of hydrogen-bond acceptors (Lipinski definition) is 3. The topological polar surface area (TPSA) is 64.9 Å². The lowest BCUT2D eigenvalue weighted by molar-refractivity contribution is 0.575. The minimum atomic E-state index is -0.182. The average Bonchev–Trinajstić information content (AvgIpc) is 2.04. The first kappa shape index (κ1) is 9.64. The highest BCUT2D eigenvalue weighted by Gasteiger charge is 2.11. The maximum atomic E-state index is 5.79. The third kappa shape index (κ3) is 2.27. The Bertz CT molecular complexity index is 245. The highest BCUT2D eigenvalue weighted by Crippen LogP contribution is 2.13. The highest BCUT2D eigenvalue weighted by molar-refractivity contribution is 9.10. The van der Waals surface area contributed by atoms with Gasteiger partial charge in [0, 0.05) is 16.7 Å². The molecule has 3 nitrogen and oxygen atoms in total. The van der Waals surface area contributed by atoms with Gasteiger partial charge in [-0.15, -0.1) is 0 Å². The van der Waals surface area contributed by atoms with Gasteiger partial charge in [0.15, 0.2) is 0 Å². The number of rotatable bonds is 2. The lowest BCUT2D eigenvalue weighted by Crippen LogP contribution is -2.31. The molecule has 1 heterocycles. The third-order valence-corrected chi connectivity index (χ3v) is 2.13. The molecule has 66 valence electrons. The maximum absolute atomic E-state index is 5.79. The van der Waals surface area contributed by atoms with Crippen molar-refractivity contribution in [2.45, 2.75) is 19.0 Å². The average molecular weight is 230 g/mol. The Kier molecular flexibility index (Phi) is 3.20. The molecular formula is C8H12BrN3. The van der Waals surface area contributed by atoms with E-state index < -0.39 is 0 Å². The zero-order valence-corrected chi connectivity index (χ0v) is 8.45. The van der Waals surface area contributed by atoms with Crippen LogP contribution in [0.1, 0.15) is 18.7 Å². The van der Waals surface area contributed by atoms with Gasteiger partial charge in [-0.25, -0.2) is 0 Å². The van der Waals surface area contributed by atoms with Crippen LogP contribution >= 0.6 is 15.9 Å². The predicted molar refractivity (Wildman–Crippen MR) is 52.5 cm³/mol. The van der Waals surface area contributed by atoms with Crippen molar-refractivity contribution in [3.63, 3.8) is 0 Å². The van der Waals surface area contributed by atoms with Crippen LogP contribution in [-0.2, 0) is 0 Å². The van der Waals surface area contributed by atoms with Crippen LogP contribution in [0, 0.1) is 0 Å². The number of pyridine rings is 1. The van der Waals surface area contributed by atoms with E-state index in [1.807, 2.05) is 19.1 Å². The molecule has 0 aliphatic carbocycles. The summed E-state index contributed by atoms with van der Waals surface area (Å²) in [5.41, 5.74) is 12.2. The van der Waals surface area contributed by atoms with E-state index in [9.17, 15) is 0 Å². The molecule has 0 bridgehead atoms. The van der Waals surface area contributed by atoms with Gasteiger partial charge in [-0.05, 0) is 35.0 Å². The summed E-state index contributed by atoms with van der Waals surface area (Å²) in [6.45, 7) is 1.87. The Morgan fingerprint density at radius 1 is 1.42 bits per heavy atom. The molecule has 12 heavy (non-hydrogen) atoms. The summed E-state index contributed by atoms with van der Waals surface area (Å²) in [6, 6.07) is 3.53. The van der Waals surface area contributed by atoms with E-state index in [-0.39, 0.29) is 12.1 Å². The molecule has 0 unspecified atom stereocenters. The molecule has 1 aromatic rings. The first-order valence-corrected chi connectivity index (χ1v) is 4.53. The van der Waals surface area contributed by atoms with Crippen LogP contribution in [0.15, 0.2) is 22.8 Å². The van der Waals surface area contributed by atoms with Gasteiger partial charge in [0.2, 0.25) is 0 Å². The molecular weight excluding hydrogens is 218 g/mol. The van der Waals surface area contributed by atoms with Crippen LogP contribution in [0.25, 0.3) is 0 Å². The van der Waals surface area contributed by atoms with Crippen molar-refractivity contribution in [3.8, 4) is 0 Å². The Morgan fingerprint density at radius 3 is 2.50 bits per heavy atom. The van der Waals surface area contributed by atoms with E-state index in [4.69, 9.17) is 11.5 Å². The van der Waals surface area contributed by atoms with Gasteiger partial charge in [0.05, 0.1) is 11.7 Å². The second-order valence-corrected chi connectivity index (χ2v) is 3.70. The molecule has 0 fully saturated rings. The van der Waals surface area contributed by atoms with Gasteiger partial charge in [-0.3, -0.25) is 4.98 Å². The Labute approximate surface area is 80.3 Å². The summed E-state index contributed by atoms with van der Waals surface area (Å²) in [5.74, 6) is 0. The van der Waals surface area contributed by atoms with Crippen molar-refractivity contribution >= 4 is 15.9 Å². The van der Waals surface area contributed by atoms with E-state index in [0.717, 1.165) is 10.2 Å². The van der Waals surface area contributed by atoms with E-state index in [0.29, 0.717) is 0 Å². The molecule has 0 amide bonds. The molecule has 1 aromatic heterocycles. The Balaban J connectivity index is 2.82.